The van der Waals surface area contributed by atoms with E-state index in [2.05, 4.69) is 12.2 Å². The van der Waals surface area contributed by atoms with Crippen molar-refractivity contribution in [2.45, 2.75) is 45.6 Å². The Morgan fingerprint density at radius 3 is 2.43 bits per heavy atom. The normalized spacial score (nSPS) is 15.1. The molecule has 0 bridgehead atoms. The van der Waals surface area contributed by atoms with Gasteiger partial charge in [-0.3, -0.25) is 4.79 Å². The third-order valence-corrected chi connectivity index (χ3v) is 3.89. The van der Waals surface area contributed by atoms with Crippen molar-refractivity contribution in [2.24, 2.45) is 11.7 Å². The van der Waals surface area contributed by atoms with Crippen molar-refractivity contribution in [3.8, 4) is 11.5 Å². The van der Waals surface area contributed by atoms with Crippen LogP contribution in [0.5, 0.6) is 11.5 Å². The van der Waals surface area contributed by atoms with E-state index >= 15 is 0 Å². The highest BCUT2D eigenvalue weighted by Crippen LogP contribution is 2.33. The first-order valence-electron chi connectivity index (χ1n) is 8.60. The number of hydrogen-bond donors (Lipinski definition) is 2. The molecule has 1 aliphatic rings. The molecule has 128 valence electrons. The average Bonchev–Trinajstić information content (AvgIpc) is 3.40. The monoisotopic (exact) mass is 320 g/mol. The third-order valence-electron chi connectivity index (χ3n) is 3.89. The number of ether oxygens (including phenoxy) is 2. The molecule has 23 heavy (non-hydrogen) atoms. The molecule has 1 atom stereocenters. The quantitative estimate of drug-likeness (QED) is 0.695. The van der Waals surface area contributed by atoms with Gasteiger partial charge in [0, 0.05) is 18.2 Å². The summed E-state index contributed by atoms with van der Waals surface area (Å²) in [5, 5.41) is 3.03. The first-order chi connectivity index (χ1) is 11.2. The molecule has 0 aliphatic heterocycles. The summed E-state index contributed by atoms with van der Waals surface area (Å²) in [6.45, 7) is 5.81. The zero-order valence-corrected chi connectivity index (χ0v) is 14.1. The zero-order chi connectivity index (χ0) is 16.7. The minimum atomic E-state index is -0.101. The fourth-order valence-corrected chi connectivity index (χ4v) is 2.42. The van der Waals surface area contributed by atoms with Gasteiger partial charge < -0.3 is 20.5 Å². The van der Waals surface area contributed by atoms with Gasteiger partial charge >= 0.3 is 0 Å². The van der Waals surface area contributed by atoms with Crippen molar-refractivity contribution in [3.05, 3.63) is 23.8 Å². The average molecular weight is 320 g/mol. The minimum absolute atomic E-state index is 0.0681. The van der Waals surface area contributed by atoms with Crippen LogP contribution in [-0.4, -0.2) is 31.7 Å². The summed E-state index contributed by atoms with van der Waals surface area (Å²) in [7, 11) is 0. The number of amides is 1. The van der Waals surface area contributed by atoms with E-state index in [1.165, 1.54) is 0 Å². The van der Waals surface area contributed by atoms with Gasteiger partial charge in [-0.25, -0.2) is 0 Å². The molecular weight excluding hydrogens is 292 g/mol. The Bertz CT molecular complexity index is 515. The Kier molecular flexibility index (Phi) is 6.71. The summed E-state index contributed by atoms with van der Waals surface area (Å²) in [5.74, 6) is 1.75. The van der Waals surface area contributed by atoms with Crippen molar-refractivity contribution in [2.75, 3.05) is 19.8 Å². The third kappa shape index (κ3) is 5.13. The first kappa shape index (κ1) is 17.6. The molecule has 0 spiro atoms. The number of nitrogens with two attached hydrogens (primary N) is 1. The van der Waals surface area contributed by atoms with Crippen LogP contribution in [0.25, 0.3) is 0 Å². The zero-order valence-electron chi connectivity index (χ0n) is 14.1. The molecule has 1 aromatic rings. The fourth-order valence-electron chi connectivity index (χ4n) is 2.42. The molecule has 1 unspecified atom stereocenters. The first-order valence-corrected chi connectivity index (χ1v) is 8.60. The molecule has 0 aromatic heterocycles. The lowest BCUT2D eigenvalue weighted by atomic mass is 10.1. The van der Waals surface area contributed by atoms with E-state index in [1.54, 1.807) is 12.1 Å². The summed E-state index contributed by atoms with van der Waals surface area (Å²) in [6, 6.07) is 5.42. The smallest absolute Gasteiger partial charge is 0.251 e. The van der Waals surface area contributed by atoms with Gasteiger partial charge in [0.1, 0.15) is 0 Å². The van der Waals surface area contributed by atoms with Crippen molar-refractivity contribution in [3.63, 3.8) is 0 Å². The number of nitrogens with one attached hydrogen (secondary N) is 1. The molecule has 0 radical (unpaired) electrons. The second-order valence-corrected chi connectivity index (χ2v) is 6.01. The van der Waals surface area contributed by atoms with Gasteiger partial charge in [0.2, 0.25) is 0 Å². The van der Waals surface area contributed by atoms with E-state index in [1.807, 2.05) is 13.0 Å². The molecule has 0 heterocycles. The summed E-state index contributed by atoms with van der Waals surface area (Å²) in [5.41, 5.74) is 6.34. The van der Waals surface area contributed by atoms with Gasteiger partial charge in [-0.05, 0) is 49.8 Å². The van der Waals surface area contributed by atoms with Crippen LogP contribution in [0.2, 0.25) is 0 Å². The van der Waals surface area contributed by atoms with Crippen molar-refractivity contribution >= 4 is 5.91 Å². The predicted molar refractivity (Wildman–Crippen MR) is 91.0 cm³/mol. The van der Waals surface area contributed by atoms with E-state index in [0.717, 1.165) is 25.7 Å². The van der Waals surface area contributed by atoms with Crippen LogP contribution in [0.3, 0.4) is 0 Å². The second kappa shape index (κ2) is 8.77. The Balaban J connectivity index is 2.09. The van der Waals surface area contributed by atoms with Crippen LogP contribution < -0.4 is 20.5 Å². The van der Waals surface area contributed by atoms with Gasteiger partial charge in [-0.1, -0.05) is 13.8 Å². The summed E-state index contributed by atoms with van der Waals surface area (Å²) < 4.78 is 11.4. The highest BCUT2D eigenvalue weighted by molar-refractivity contribution is 5.95. The van der Waals surface area contributed by atoms with Crippen molar-refractivity contribution in [1.82, 2.24) is 5.32 Å². The van der Waals surface area contributed by atoms with E-state index in [-0.39, 0.29) is 11.9 Å². The fraction of sp³-hybridized carbons (Fsp3) is 0.611. The highest BCUT2D eigenvalue weighted by Gasteiger charge is 2.31. The van der Waals surface area contributed by atoms with Gasteiger partial charge in [-0.2, -0.15) is 0 Å². The van der Waals surface area contributed by atoms with Crippen LogP contribution in [0.15, 0.2) is 18.2 Å². The molecule has 1 saturated carbocycles. The molecule has 1 aliphatic carbocycles. The predicted octanol–water partition coefficient (Wildman–Crippen LogP) is 2.73. The number of rotatable bonds is 10. The van der Waals surface area contributed by atoms with Gasteiger partial charge in [0.25, 0.3) is 5.91 Å². The lowest BCUT2D eigenvalue weighted by molar-refractivity contribution is 0.0933. The van der Waals surface area contributed by atoms with Crippen LogP contribution >= 0.6 is 0 Å². The molecule has 5 heteroatoms. The van der Waals surface area contributed by atoms with E-state index in [4.69, 9.17) is 15.2 Å². The highest BCUT2D eigenvalue weighted by atomic mass is 16.5. The number of hydrogen-bond acceptors (Lipinski definition) is 4. The largest absolute Gasteiger partial charge is 0.490 e. The Morgan fingerprint density at radius 2 is 1.87 bits per heavy atom. The molecule has 5 nitrogen and oxygen atoms in total. The van der Waals surface area contributed by atoms with Gasteiger partial charge in [-0.15, -0.1) is 0 Å². The van der Waals surface area contributed by atoms with Crippen LogP contribution in [-0.2, 0) is 0 Å². The van der Waals surface area contributed by atoms with Crippen molar-refractivity contribution < 1.29 is 14.3 Å². The van der Waals surface area contributed by atoms with Crippen molar-refractivity contribution in [1.29, 1.82) is 0 Å². The van der Waals surface area contributed by atoms with Crippen LogP contribution in [0.1, 0.15) is 49.9 Å². The maximum absolute atomic E-state index is 12.4. The van der Waals surface area contributed by atoms with Crippen LogP contribution in [0, 0.1) is 5.92 Å². The number of benzene rings is 1. The maximum Gasteiger partial charge on any atom is 0.251 e. The van der Waals surface area contributed by atoms with E-state index in [9.17, 15) is 4.79 Å². The molecule has 3 N–H and O–H groups in total. The summed E-state index contributed by atoms with van der Waals surface area (Å²) in [4.78, 5) is 12.4. The molecule has 2 rings (SSSR count). The van der Waals surface area contributed by atoms with Gasteiger partial charge in [0.15, 0.2) is 11.5 Å². The molecule has 0 saturated heterocycles. The molecular formula is C18H28N2O3. The number of carbonyl (C=O) groups is 1. The Morgan fingerprint density at radius 1 is 1.22 bits per heavy atom. The Hall–Kier alpha value is -1.75. The SMILES string of the molecule is CCCOc1ccc(C(=O)NC(CN)C2CC2)cc1OCCC. The maximum atomic E-state index is 12.4. The van der Waals surface area contributed by atoms with Gasteiger partial charge in [0.05, 0.1) is 13.2 Å². The summed E-state index contributed by atoms with van der Waals surface area (Å²) in [6.07, 6.45) is 4.13. The second-order valence-electron chi connectivity index (χ2n) is 6.01. The number of carbonyl (C=O) groups excluding carboxylic acids is 1. The van der Waals surface area contributed by atoms with E-state index < -0.39 is 0 Å². The standard InChI is InChI=1S/C18H28N2O3/c1-3-9-22-16-8-7-14(11-17(16)23-10-4-2)18(21)20-15(12-19)13-5-6-13/h7-8,11,13,15H,3-6,9-10,12,19H2,1-2H3,(H,20,21). The molecule has 1 fully saturated rings. The van der Waals surface area contributed by atoms with E-state index in [0.29, 0.717) is 42.7 Å². The minimum Gasteiger partial charge on any atom is -0.490 e. The van der Waals surface area contributed by atoms with Crippen LogP contribution in [0.4, 0.5) is 0 Å². The molecule has 1 aromatic carbocycles. The lowest BCUT2D eigenvalue weighted by Crippen LogP contribution is -2.41. The summed E-state index contributed by atoms with van der Waals surface area (Å²) >= 11 is 0. The Labute approximate surface area is 138 Å². The molecule has 1 amide bonds. The topological polar surface area (TPSA) is 73.6 Å². The lowest BCUT2D eigenvalue weighted by Gasteiger charge is -2.17.